The van der Waals surface area contributed by atoms with E-state index in [-0.39, 0.29) is 22.3 Å². The zero-order valence-electron chi connectivity index (χ0n) is 14.4. The van der Waals surface area contributed by atoms with Crippen LogP contribution < -0.4 is 16.6 Å². The summed E-state index contributed by atoms with van der Waals surface area (Å²) in [5.41, 5.74) is 6.46. The third-order valence-electron chi connectivity index (χ3n) is 3.83. The second-order valence-corrected chi connectivity index (χ2v) is 7.09. The van der Waals surface area contributed by atoms with Gasteiger partial charge in [-0.3, -0.25) is 14.6 Å². The molecule has 0 aliphatic carbocycles. The van der Waals surface area contributed by atoms with Gasteiger partial charge < -0.3 is 11.1 Å². The Hall–Kier alpha value is -3.13. The second kappa shape index (κ2) is 8.05. The first-order chi connectivity index (χ1) is 12.9. The lowest BCUT2D eigenvalue weighted by Gasteiger charge is -2.12. The van der Waals surface area contributed by atoms with Crippen LogP contribution in [-0.2, 0) is 0 Å². The Bertz CT molecular complexity index is 1010. The third-order valence-corrected chi connectivity index (χ3v) is 4.87. The van der Waals surface area contributed by atoms with Crippen molar-refractivity contribution in [2.24, 2.45) is 0 Å². The molecule has 27 heavy (non-hydrogen) atoms. The van der Waals surface area contributed by atoms with E-state index in [1.54, 1.807) is 0 Å². The minimum absolute atomic E-state index is 0.0495. The second-order valence-electron chi connectivity index (χ2n) is 5.76. The van der Waals surface area contributed by atoms with Gasteiger partial charge in [-0.25, -0.2) is 9.37 Å². The number of halogens is 1. The molecule has 0 aliphatic heterocycles. The first-order valence-electron chi connectivity index (χ1n) is 8.12. The number of rotatable bonds is 5. The summed E-state index contributed by atoms with van der Waals surface area (Å²) < 4.78 is 13.0. The van der Waals surface area contributed by atoms with Crippen LogP contribution in [0.4, 0.5) is 15.9 Å². The fourth-order valence-electron chi connectivity index (χ4n) is 2.39. The van der Waals surface area contributed by atoms with Crippen LogP contribution >= 0.6 is 11.8 Å². The molecule has 6 nitrogen and oxygen atoms in total. The van der Waals surface area contributed by atoms with Crippen LogP contribution in [0.2, 0.25) is 0 Å². The zero-order valence-corrected chi connectivity index (χ0v) is 15.2. The van der Waals surface area contributed by atoms with E-state index in [0.717, 1.165) is 17.7 Å². The summed E-state index contributed by atoms with van der Waals surface area (Å²) in [6, 6.07) is 14.7. The molecule has 0 unspecified atom stereocenters. The highest BCUT2D eigenvalue weighted by Crippen LogP contribution is 2.32. The Labute approximate surface area is 159 Å². The van der Waals surface area contributed by atoms with Crippen molar-refractivity contribution < 1.29 is 9.18 Å². The summed E-state index contributed by atoms with van der Waals surface area (Å²) >= 11 is 1.35. The van der Waals surface area contributed by atoms with E-state index in [1.165, 1.54) is 23.9 Å². The summed E-state index contributed by atoms with van der Waals surface area (Å²) in [5, 5.41) is 2.83. The van der Waals surface area contributed by atoms with Crippen LogP contribution in [0.3, 0.4) is 0 Å². The number of amides is 1. The number of nitrogens with zero attached hydrogens (tertiary/aromatic N) is 1. The Morgan fingerprint density at radius 3 is 2.48 bits per heavy atom. The minimum Gasteiger partial charge on any atom is -0.382 e. The number of hydrogen-bond acceptors (Lipinski definition) is 5. The van der Waals surface area contributed by atoms with Crippen molar-refractivity contribution >= 4 is 29.2 Å². The average molecular weight is 384 g/mol. The number of benzene rings is 2. The standard InChI is InChI=1S/C19H17FN4O2S/c1-11(12-5-3-2-4-6-12)27-19-23-16(21)15(18(26)24-19)22-17(25)13-7-9-14(20)10-8-13/h2-11H,1H3,(H,22,25)(H3,21,23,24,26)/t11-/m0/s1. The van der Waals surface area contributed by atoms with E-state index < -0.39 is 17.3 Å². The number of aromatic nitrogens is 2. The van der Waals surface area contributed by atoms with Crippen molar-refractivity contribution in [1.29, 1.82) is 0 Å². The van der Waals surface area contributed by atoms with Crippen molar-refractivity contribution in [3.63, 3.8) is 0 Å². The summed E-state index contributed by atoms with van der Waals surface area (Å²) in [4.78, 5) is 31.3. The van der Waals surface area contributed by atoms with Crippen molar-refractivity contribution in [1.82, 2.24) is 9.97 Å². The van der Waals surface area contributed by atoms with Crippen LogP contribution in [0.15, 0.2) is 64.5 Å². The lowest BCUT2D eigenvalue weighted by Crippen LogP contribution is -2.23. The van der Waals surface area contributed by atoms with Gasteiger partial charge in [-0.15, -0.1) is 0 Å². The molecule has 0 aliphatic rings. The summed E-state index contributed by atoms with van der Waals surface area (Å²) in [6.45, 7) is 1.99. The maximum absolute atomic E-state index is 13.0. The normalized spacial score (nSPS) is 11.8. The SMILES string of the molecule is C[C@H](Sc1nc(N)c(NC(=O)c2ccc(F)cc2)c(=O)[nH]1)c1ccccc1. The van der Waals surface area contributed by atoms with Crippen molar-refractivity contribution in [3.05, 3.63) is 81.9 Å². The average Bonchev–Trinajstić information content (AvgIpc) is 2.66. The largest absolute Gasteiger partial charge is 0.382 e. The molecule has 4 N–H and O–H groups in total. The highest BCUT2D eigenvalue weighted by molar-refractivity contribution is 7.99. The van der Waals surface area contributed by atoms with Crippen LogP contribution in [0.1, 0.15) is 28.1 Å². The number of nitrogens with one attached hydrogen (secondary N) is 2. The summed E-state index contributed by atoms with van der Waals surface area (Å²) in [5.74, 6) is -1.12. The van der Waals surface area contributed by atoms with E-state index in [4.69, 9.17) is 5.73 Å². The molecule has 1 atom stereocenters. The van der Waals surface area contributed by atoms with E-state index >= 15 is 0 Å². The monoisotopic (exact) mass is 384 g/mol. The number of thioether (sulfide) groups is 1. The van der Waals surface area contributed by atoms with Gasteiger partial charge in [0.15, 0.2) is 11.0 Å². The first kappa shape index (κ1) is 18.7. The Morgan fingerprint density at radius 2 is 1.85 bits per heavy atom. The molecule has 0 saturated heterocycles. The minimum atomic E-state index is -0.577. The molecular weight excluding hydrogens is 367 g/mol. The Kier molecular flexibility index (Phi) is 5.56. The van der Waals surface area contributed by atoms with E-state index in [2.05, 4.69) is 15.3 Å². The quantitative estimate of drug-likeness (QED) is 0.461. The molecule has 0 spiro atoms. The van der Waals surface area contributed by atoms with Gasteiger partial charge in [-0.2, -0.15) is 0 Å². The van der Waals surface area contributed by atoms with Crippen LogP contribution in [0.5, 0.6) is 0 Å². The molecule has 1 heterocycles. The predicted molar refractivity (Wildman–Crippen MR) is 104 cm³/mol. The lowest BCUT2D eigenvalue weighted by molar-refractivity contribution is 0.102. The Balaban J connectivity index is 1.77. The number of anilines is 2. The predicted octanol–water partition coefficient (Wildman–Crippen LogP) is 3.60. The van der Waals surface area contributed by atoms with Crippen molar-refractivity contribution in [3.8, 4) is 0 Å². The highest BCUT2D eigenvalue weighted by atomic mass is 32.2. The molecule has 8 heteroatoms. The maximum Gasteiger partial charge on any atom is 0.277 e. The highest BCUT2D eigenvalue weighted by Gasteiger charge is 2.16. The first-order valence-corrected chi connectivity index (χ1v) is 9.00. The molecule has 138 valence electrons. The zero-order chi connectivity index (χ0) is 19.4. The van der Waals surface area contributed by atoms with Gasteiger partial charge in [-0.05, 0) is 36.8 Å². The number of hydrogen-bond donors (Lipinski definition) is 3. The maximum atomic E-state index is 13.0. The van der Waals surface area contributed by atoms with E-state index in [1.807, 2.05) is 37.3 Å². The van der Waals surface area contributed by atoms with Crippen molar-refractivity contribution in [2.45, 2.75) is 17.3 Å². The van der Waals surface area contributed by atoms with Crippen molar-refractivity contribution in [2.75, 3.05) is 11.1 Å². The number of carbonyl (C=O) groups excluding carboxylic acids is 1. The molecule has 1 aromatic heterocycles. The molecular formula is C19H17FN4O2S. The van der Waals surface area contributed by atoms with E-state index in [9.17, 15) is 14.0 Å². The smallest absolute Gasteiger partial charge is 0.277 e. The van der Waals surface area contributed by atoms with Gasteiger partial charge in [0.1, 0.15) is 11.5 Å². The van der Waals surface area contributed by atoms with Gasteiger partial charge in [0.2, 0.25) is 0 Å². The number of nitrogens with two attached hydrogens (primary N) is 1. The molecule has 0 saturated carbocycles. The molecule has 0 fully saturated rings. The van der Waals surface area contributed by atoms with Crippen LogP contribution in [0, 0.1) is 5.82 Å². The molecule has 0 radical (unpaired) electrons. The van der Waals surface area contributed by atoms with Gasteiger partial charge >= 0.3 is 0 Å². The molecule has 0 bridgehead atoms. The topological polar surface area (TPSA) is 101 Å². The third kappa shape index (κ3) is 4.53. The number of carbonyl (C=O) groups is 1. The Morgan fingerprint density at radius 1 is 1.19 bits per heavy atom. The number of nitrogen functional groups attached to an aromatic ring is 1. The molecule has 3 rings (SSSR count). The summed E-state index contributed by atoms with van der Waals surface area (Å²) in [6.07, 6.45) is 0. The van der Waals surface area contributed by atoms with E-state index in [0.29, 0.717) is 5.16 Å². The van der Waals surface area contributed by atoms with Crippen LogP contribution in [-0.4, -0.2) is 15.9 Å². The van der Waals surface area contributed by atoms with Crippen LogP contribution in [0.25, 0.3) is 0 Å². The summed E-state index contributed by atoms with van der Waals surface area (Å²) in [7, 11) is 0. The van der Waals surface area contributed by atoms with Gasteiger partial charge in [0.05, 0.1) is 0 Å². The molecule has 2 aromatic carbocycles. The molecule has 1 amide bonds. The van der Waals surface area contributed by atoms with Gasteiger partial charge in [0, 0.05) is 10.8 Å². The fraction of sp³-hybridized carbons (Fsp3) is 0.105. The van der Waals surface area contributed by atoms with Gasteiger partial charge in [-0.1, -0.05) is 42.1 Å². The van der Waals surface area contributed by atoms with Gasteiger partial charge in [0.25, 0.3) is 11.5 Å². The molecule has 3 aromatic rings. The number of aromatic amines is 1. The fourth-order valence-corrected chi connectivity index (χ4v) is 3.32. The number of H-pyrrole nitrogens is 1. The lowest BCUT2D eigenvalue weighted by atomic mass is 10.2.